The largest absolute Gasteiger partial charge is 0.378 e. The predicted molar refractivity (Wildman–Crippen MR) is 78.5 cm³/mol. The van der Waals surface area contributed by atoms with Gasteiger partial charge in [-0.3, -0.25) is 4.99 Å². The Morgan fingerprint density at radius 3 is 3.06 bits per heavy atom. The van der Waals surface area contributed by atoms with E-state index in [1.807, 2.05) is 6.08 Å². The maximum absolute atomic E-state index is 4.54. The van der Waals surface area contributed by atoms with E-state index in [0.717, 1.165) is 32.0 Å². The predicted octanol–water partition coefficient (Wildman–Crippen LogP) is 2.62. The quantitative estimate of drug-likeness (QED) is 0.805. The molecule has 0 bridgehead atoms. The SMILES string of the molecule is C=CCN1CCN=C1CNc1cccc(C)c1C. The fourth-order valence-electron chi connectivity index (χ4n) is 2.17. The number of nitrogens with one attached hydrogen (secondary N) is 1. The Bertz CT molecular complexity index is 463. The van der Waals surface area contributed by atoms with Crippen LogP contribution in [-0.4, -0.2) is 36.9 Å². The molecule has 0 fully saturated rings. The molecule has 0 saturated heterocycles. The highest BCUT2D eigenvalue weighted by molar-refractivity contribution is 5.88. The van der Waals surface area contributed by atoms with Crippen LogP contribution in [0.1, 0.15) is 11.1 Å². The maximum atomic E-state index is 4.54. The van der Waals surface area contributed by atoms with Crippen LogP contribution in [0.15, 0.2) is 35.8 Å². The Kier molecular flexibility index (Phi) is 4.03. The summed E-state index contributed by atoms with van der Waals surface area (Å²) in [5.74, 6) is 1.14. The maximum Gasteiger partial charge on any atom is 0.119 e. The summed E-state index contributed by atoms with van der Waals surface area (Å²) in [6.07, 6.45) is 1.93. The number of rotatable bonds is 5. The standard InChI is InChI=1S/C15H21N3/c1-4-9-18-10-8-16-15(18)11-17-14-7-5-6-12(2)13(14)3/h4-7,17H,1,8-11H2,2-3H3. The van der Waals surface area contributed by atoms with Crippen LogP contribution in [0, 0.1) is 13.8 Å². The summed E-state index contributed by atoms with van der Waals surface area (Å²) in [5.41, 5.74) is 3.82. The van der Waals surface area contributed by atoms with Gasteiger partial charge >= 0.3 is 0 Å². The summed E-state index contributed by atoms with van der Waals surface area (Å²) < 4.78 is 0. The fourth-order valence-corrected chi connectivity index (χ4v) is 2.17. The number of aryl methyl sites for hydroxylation is 1. The van der Waals surface area contributed by atoms with Crippen molar-refractivity contribution in [3.63, 3.8) is 0 Å². The molecule has 1 aromatic rings. The third-order valence-corrected chi connectivity index (χ3v) is 3.42. The van der Waals surface area contributed by atoms with E-state index in [0.29, 0.717) is 0 Å². The lowest BCUT2D eigenvalue weighted by Crippen LogP contribution is -2.32. The van der Waals surface area contributed by atoms with Crippen LogP contribution in [-0.2, 0) is 0 Å². The normalized spacial score (nSPS) is 14.6. The first-order valence-electron chi connectivity index (χ1n) is 6.41. The first kappa shape index (κ1) is 12.7. The molecule has 1 heterocycles. The van der Waals surface area contributed by atoms with Crippen LogP contribution in [0.4, 0.5) is 5.69 Å². The van der Waals surface area contributed by atoms with Crippen molar-refractivity contribution < 1.29 is 0 Å². The second kappa shape index (κ2) is 5.71. The summed E-state index contributed by atoms with van der Waals surface area (Å²) in [7, 11) is 0. The van der Waals surface area contributed by atoms with Gasteiger partial charge in [0.25, 0.3) is 0 Å². The van der Waals surface area contributed by atoms with Gasteiger partial charge in [-0.25, -0.2) is 0 Å². The lowest BCUT2D eigenvalue weighted by Gasteiger charge is -2.19. The zero-order valence-electron chi connectivity index (χ0n) is 11.2. The van der Waals surface area contributed by atoms with E-state index in [2.05, 4.69) is 53.8 Å². The van der Waals surface area contributed by atoms with Crippen LogP contribution in [0.3, 0.4) is 0 Å². The van der Waals surface area contributed by atoms with Gasteiger partial charge in [-0.2, -0.15) is 0 Å². The van der Waals surface area contributed by atoms with Crippen LogP contribution in [0.2, 0.25) is 0 Å². The molecule has 0 amide bonds. The number of anilines is 1. The number of aliphatic imine (C=N–C) groups is 1. The smallest absolute Gasteiger partial charge is 0.119 e. The third-order valence-electron chi connectivity index (χ3n) is 3.42. The second-order valence-electron chi connectivity index (χ2n) is 4.63. The summed E-state index contributed by atoms with van der Waals surface area (Å²) in [4.78, 5) is 6.80. The van der Waals surface area contributed by atoms with Crippen molar-refractivity contribution in [1.29, 1.82) is 0 Å². The molecular formula is C15H21N3. The molecule has 0 radical (unpaired) electrons. The van der Waals surface area contributed by atoms with E-state index in [4.69, 9.17) is 0 Å². The van der Waals surface area contributed by atoms with Crippen LogP contribution >= 0.6 is 0 Å². The van der Waals surface area contributed by atoms with Crippen molar-refractivity contribution >= 4 is 11.5 Å². The molecule has 3 heteroatoms. The van der Waals surface area contributed by atoms with E-state index >= 15 is 0 Å². The van der Waals surface area contributed by atoms with E-state index in [-0.39, 0.29) is 0 Å². The molecule has 2 rings (SSSR count). The molecule has 18 heavy (non-hydrogen) atoms. The molecule has 1 aromatic carbocycles. The Balaban J connectivity index is 1.99. The van der Waals surface area contributed by atoms with Crippen molar-refractivity contribution in [3.8, 4) is 0 Å². The number of amidine groups is 1. The molecular weight excluding hydrogens is 222 g/mol. The van der Waals surface area contributed by atoms with Gasteiger partial charge in [0.15, 0.2) is 0 Å². The highest BCUT2D eigenvalue weighted by Crippen LogP contribution is 2.18. The van der Waals surface area contributed by atoms with Crippen molar-refractivity contribution in [1.82, 2.24) is 4.90 Å². The van der Waals surface area contributed by atoms with Gasteiger partial charge in [0.1, 0.15) is 5.84 Å². The Morgan fingerprint density at radius 2 is 2.28 bits per heavy atom. The summed E-state index contributed by atoms with van der Waals surface area (Å²) in [6, 6.07) is 6.34. The molecule has 0 aromatic heterocycles. The van der Waals surface area contributed by atoms with Gasteiger partial charge in [0.05, 0.1) is 13.1 Å². The molecule has 1 aliphatic heterocycles. The van der Waals surface area contributed by atoms with E-state index in [1.54, 1.807) is 0 Å². The molecule has 0 unspecified atom stereocenters. The minimum Gasteiger partial charge on any atom is -0.378 e. The summed E-state index contributed by atoms with van der Waals surface area (Å²) >= 11 is 0. The average Bonchev–Trinajstić information content (AvgIpc) is 2.79. The Labute approximate surface area is 109 Å². The van der Waals surface area contributed by atoms with Gasteiger partial charge in [-0.05, 0) is 31.0 Å². The van der Waals surface area contributed by atoms with E-state index in [1.165, 1.54) is 16.8 Å². The summed E-state index contributed by atoms with van der Waals surface area (Å²) in [5, 5.41) is 3.48. The lowest BCUT2D eigenvalue weighted by atomic mass is 10.1. The first-order chi connectivity index (χ1) is 8.72. The van der Waals surface area contributed by atoms with Gasteiger partial charge in [-0.15, -0.1) is 6.58 Å². The molecule has 0 atom stereocenters. The molecule has 0 spiro atoms. The molecule has 0 saturated carbocycles. The minimum absolute atomic E-state index is 0.790. The van der Waals surface area contributed by atoms with Gasteiger partial charge < -0.3 is 10.2 Å². The molecule has 3 nitrogen and oxygen atoms in total. The number of nitrogens with zero attached hydrogens (tertiary/aromatic N) is 2. The summed E-state index contributed by atoms with van der Waals surface area (Å²) in [6.45, 7) is 11.7. The number of benzene rings is 1. The average molecular weight is 243 g/mol. The minimum atomic E-state index is 0.790. The Hall–Kier alpha value is -1.77. The zero-order chi connectivity index (χ0) is 13.0. The first-order valence-corrected chi connectivity index (χ1v) is 6.41. The van der Waals surface area contributed by atoms with Crippen molar-refractivity contribution in [3.05, 3.63) is 42.0 Å². The number of hydrogen-bond acceptors (Lipinski definition) is 3. The van der Waals surface area contributed by atoms with Gasteiger partial charge in [0, 0.05) is 18.8 Å². The van der Waals surface area contributed by atoms with Gasteiger partial charge in [0.2, 0.25) is 0 Å². The van der Waals surface area contributed by atoms with Crippen LogP contribution in [0.5, 0.6) is 0 Å². The zero-order valence-corrected chi connectivity index (χ0v) is 11.2. The van der Waals surface area contributed by atoms with Crippen LogP contribution < -0.4 is 5.32 Å². The number of hydrogen-bond donors (Lipinski definition) is 1. The second-order valence-corrected chi connectivity index (χ2v) is 4.63. The van der Waals surface area contributed by atoms with E-state index < -0.39 is 0 Å². The fraction of sp³-hybridized carbons (Fsp3) is 0.400. The van der Waals surface area contributed by atoms with Gasteiger partial charge in [-0.1, -0.05) is 18.2 Å². The molecule has 96 valence electrons. The highest BCUT2D eigenvalue weighted by atomic mass is 15.2. The highest BCUT2D eigenvalue weighted by Gasteiger charge is 2.15. The van der Waals surface area contributed by atoms with E-state index in [9.17, 15) is 0 Å². The third kappa shape index (κ3) is 2.73. The Morgan fingerprint density at radius 1 is 1.44 bits per heavy atom. The van der Waals surface area contributed by atoms with Crippen LogP contribution in [0.25, 0.3) is 0 Å². The lowest BCUT2D eigenvalue weighted by molar-refractivity contribution is 0.503. The molecule has 0 aliphatic carbocycles. The topological polar surface area (TPSA) is 27.6 Å². The molecule has 1 aliphatic rings. The van der Waals surface area contributed by atoms with Crippen molar-refractivity contribution in [2.75, 3.05) is 31.5 Å². The van der Waals surface area contributed by atoms with Crippen molar-refractivity contribution in [2.24, 2.45) is 4.99 Å². The van der Waals surface area contributed by atoms with Crippen molar-refractivity contribution in [2.45, 2.75) is 13.8 Å². The monoisotopic (exact) mass is 243 g/mol. The molecule has 1 N–H and O–H groups in total.